The molecule has 0 aromatic heterocycles. The number of benzene rings is 1. The monoisotopic (exact) mass is 312 g/mol. The molecule has 2 rings (SSSR count). The second-order valence-electron chi connectivity index (χ2n) is 5.15. The van der Waals surface area contributed by atoms with Gasteiger partial charge in [0, 0.05) is 18.8 Å². The summed E-state index contributed by atoms with van der Waals surface area (Å²) in [7, 11) is 0. The van der Waals surface area contributed by atoms with Crippen molar-refractivity contribution in [2.24, 2.45) is 5.73 Å². The van der Waals surface area contributed by atoms with E-state index >= 15 is 0 Å². The fraction of sp³-hybridized carbons (Fsp3) is 0.350. The van der Waals surface area contributed by atoms with E-state index in [0.29, 0.717) is 5.56 Å². The van der Waals surface area contributed by atoms with Gasteiger partial charge in [0.25, 0.3) is 5.91 Å². The number of carbonyl (C=O) groups is 1. The lowest BCUT2D eigenvalue weighted by Gasteiger charge is -2.21. The zero-order valence-electron chi connectivity index (χ0n) is 14.5. The van der Waals surface area contributed by atoms with Gasteiger partial charge in [-0.1, -0.05) is 50.8 Å². The van der Waals surface area contributed by atoms with Crippen LogP contribution in [0.15, 0.2) is 49.1 Å². The van der Waals surface area contributed by atoms with E-state index in [1.807, 2.05) is 57.2 Å². The molecule has 1 aliphatic rings. The average Bonchev–Trinajstić information content (AvgIpc) is 3.10. The van der Waals surface area contributed by atoms with Gasteiger partial charge in [-0.25, -0.2) is 0 Å². The molecule has 3 heteroatoms. The van der Waals surface area contributed by atoms with E-state index in [1.54, 1.807) is 6.08 Å². The molecule has 0 aliphatic carbocycles. The maximum atomic E-state index is 11.8. The molecule has 1 aliphatic heterocycles. The van der Waals surface area contributed by atoms with Gasteiger partial charge in [-0.3, -0.25) is 4.79 Å². The van der Waals surface area contributed by atoms with Crippen LogP contribution >= 0.6 is 0 Å². The smallest absolute Gasteiger partial charge is 0.250 e. The lowest BCUT2D eigenvalue weighted by Crippen LogP contribution is -2.23. The third kappa shape index (κ3) is 4.85. The molecule has 1 aromatic carbocycles. The SMILES string of the molecule is C=C/C=C(\C=C/C)c1ccc(N2CCCC2)c(C(N)=O)c1.CC. The Morgan fingerprint density at radius 3 is 2.43 bits per heavy atom. The van der Waals surface area contributed by atoms with Crippen LogP contribution in [0.25, 0.3) is 5.57 Å². The van der Waals surface area contributed by atoms with E-state index in [0.717, 1.165) is 29.9 Å². The van der Waals surface area contributed by atoms with Crippen LogP contribution in [0.2, 0.25) is 0 Å². The maximum absolute atomic E-state index is 11.8. The molecule has 1 aromatic rings. The van der Waals surface area contributed by atoms with Crippen molar-refractivity contribution in [2.45, 2.75) is 33.6 Å². The Hall–Kier alpha value is -2.29. The fourth-order valence-corrected chi connectivity index (χ4v) is 2.70. The van der Waals surface area contributed by atoms with E-state index in [1.165, 1.54) is 12.8 Å². The molecule has 0 bridgehead atoms. The van der Waals surface area contributed by atoms with E-state index in [2.05, 4.69) is 11.5 Å². The van der Waals surface area contributed by atoms with Crippen molar-refractivity contribution in [2.75, 3.05) is 18.0 Å². The van der Waals surface area contributed by atoms with Crippen molar-refractivity contribution in [1.82, 2.24) is 0 Å². The minimum absolute atomic E-state index is 0.378. The Labute approximate surface area is 140 Å². The highest BCUT2D eigenvalue weighted by Gasteiger charge is 2.18. The van der Waals surface area contributed by atoms with Crippen LogP contribution < -0.4 is 10.6 Å². The first-order valence-electron chi connectivity index (χ1n) is 8.32. The second-order valence-corrected chi connectivity index (χ2v) is 5.15. The van der Waals surface area contributed by atoms with E-state index in [4.69, 9.17) is 5.73 Å². The van der Waals surface area contributed by atoms with Crippen molar-refractivity contribution < 1.29 is 4.79 Å². The molecule has 3 nitrogen and oxygen atoms in total. The highest BCUT2D eigenvalue weighted by Crippen LogP contribution is 2.28. The first-order chi connectivity index (χ1) is 11.2. The number of hydrogen-bond donors (Lipinski definition) is 1. The number of amides is 1. The van der Waals surface area contributed by atoms with Gasteiger partial charge in [-0.15, -0.1) is 0 Å². The van der Waals surface area contributed by atoms with Crippen LogP contribution in [0.3, 0.4) is 0 Å². The summed E-state index contributed by atoms with van der Waals surface area (Å²) in [6, 6.07) is 5.92. The van der Waals surface area contributed by atoms with Crippen LogP contribution in [-0.4, -0.2) is 19.0 Å². The van der Waals surface area contributed by atoms with Gasteiger partial charge in [0.15, 0.2) is 0 Å². The molecule has 2 N–H and O–H groups in total. The molecule has 0 unspecified atom stereocenters. The van der Waals surface area contributed by atoms with Gasteiger partial charge in [0.2, 0.25) is 0 Å². The summed E-state index contributed by atoms with van der Waals surface area (Å²) in [4.78, 5) is 14.0. The van der Waals surface area contributed by atoms with Gasteiger partial charge >= 0.3 is 0 Å². The molecule has 1 amide bonds. The molecular weight excluding hydrogens is 284 g/mol. The summed E-state index contributed by atoms with van der Waals surface area (Å²) >= 11 is 0. The van der Waals surface area contributed by atoms with Crippen LogP contribution in [-0.2, 0) is 0 Å². The summed E-state index contributed by atoms with van der Waals surface area (Å²) < 4.78 is 0. The molecule has 1 heterocycles. The molecular formula is C20H28N2O. The van der Waals surface area contributed by atoms with Crippen molar-refractivity contribution in [3.8, 4) is 0 Å². The summed E-state index contributed by atoms with van der Waals surface area (Å²) in [5, 5.41) is 0. The number of primary amides is 1. The van der Waals surface area contributed by atoms with Gasteiger partial charge in [-0.2, -0.15) is 0 Å². The van der Waals surface area contributed by atoms with Crippen LogP contribution in [0.5, 0.6) is 0 Å². The Morgan fingerprint density at radius 2 is 1.91 bits per heavy atom. The Balaban J connectivity index is 0.00000127. The molecule has 1 saturated heterocycles. The summed E-state index contributed by atoms with van der Waals surface area (Å²) in [5.74, 6) is -0.378. The number of nitrogens with zero attached hydrogens (tertiary/aromatic N) is 1. The molecule has 23 heavy (non-hydrogen) atoms. The van der Waals surface area contributed by atoms with E-state index < -0.39 is 0 Å². The first kappa shape index (κ1) is 18.8. The van der Waals surface area contributed by atoms with Crippen LogP contribution in [0.4, 0.5) is 5.69 Å². The number of allylic oxidation sites excluding steroid dienone is 5. The highest BCUT2D eigenvalue weighted by atomic mass is 16.1. The standard InChI is InChI=1S/C18H22N2O.C2H6/c1-3-7-14(8-4-2)15-9-10-17(16(13-15)18(19)21)20-11-5-6-12-20;1-2/h3-4,7-10,13H,1,5-6,11-12H2,2H3,(H2,19,21);1-2H3/b8-4-,14-7+;. The predicted octanol–water partition coefficient (Wildman–Crippen LogP) is 4.56. The largest absolute Gasteiger partial charge is 0.371 e. The van der Waals surface area contributed by atoms with Crippen molar-refractivity contribution in [3.63, 3.8) is 0 Å². The summed E-state index contributed by atoms with van der Waals surface area (Å²) in [5.41, 5.74) is 9.11. The number of carbonyl (C=O) groups excluding carboxylic acids is 1. The van der Waals surface area contributed by atoms with Crippen LogP contribution in [0.1, 0.15) is 49.5 Å². The highest BCUT2D eigenvalue weighted by molar-refractivity contribution is 6.00. The van der Waals surface area contributed by atoms with E-state index in [9.17, 15) is 4.79 Å². The molecule has 0 spiro atoms. The minimum Gasteiger partial charge on any atom is -0.371 e. The van der Waals surface area contributed by atoms with E-state index in [-0.39, 0.29) is 5.91 Å². The zero-order valence-corrected chi connectivity index (χ0v) is 14.5. The van der Waals surface area contributed by atoms with Crippen molar-refractivity contribution in [1.29, 1.82) is 0 Å². The van der Waals surface area contributed by atoms with Crippen molar-refractivity contribution >= 4 is 17.2 Å². The molecule has 0 saturated carbocycles. The minimum atomic E-state index is -0.378. The van der Waals surface area contributed by atoms with Gasteiger partial charge in [0.05, 0.1) is 5.56 Å². The van der Waals surface area contributed by atoms with Gasteiger partial charge < -0.3 is 10.6 Å². The Bertz CT molecular complexity index is 594. The third-order valence-electron chi connectivity index (χ3n) is 3.69. The van der Waals surface area contributed by atoms with Crippen molar-refractivity contribution in [3.05, 3.63) is 60.2 Å². The van der Waals surface area contributed by atoms with Crippen LogP contribution in [0, 0.1) is 0 Å². The second kappa shape index (κ2) is 9.67. The maximum Gasteiger partial charge on any atom is 0.250 e. The summed E-state index contributed by atoms with van der Waals surface area (Å²) in [6.45, 7) is 11.7. The molecule has 0 radical (unpaired) electrons. The van der Waals surface area contributed by atoms with Gasteiger partial charge in [0.1, 0.15) is 0 Å². The molecule has 0 atom stereocenters. The summed E-state index contributed by atoms with van der Waals surface area (Å²) in [6.07, 6.45) is 9.97. The zero-order chi connectivity index (χ0) is 17.2. The predicted molar refractivity (Wildman–Crippen MR) is 101 cm³/mol. The topological polar surface area (TPSA) is 46.3 Å². The number of nitrogens with two attached hydrogens (primary N) is 1. The molecule has 1 fully saturated rings. The first-order valence-corrected chi connectivity index (χ1v) is 8.32. The Kier molecular flexibility index (Phi) is 7.89. The van der Waals surface area contributed by atoms with Gasteiger partial charge in [-0.05, 0) is 43.0 Å². The Morgan fingerprint density at radius 1 is 1.26 bits per heavy atom. The quantitative estimate of drug-likeness (QED) is 0.810. The number of hydrogen-bond acceptors (Lipinski definition) is 2. The normalized spacial score (nSPS) is 14.6. The lowest BCUT2D eigenvalue weighted by atomic mass is 10.00. The lowest BCUT2D eigenvalue weighted by molar-refractivity contribution is 0.100. The third-order valence-corrected chi connectivity index (χ3v) is 3.69. The molecule has 124 valence electrons. The number of anilines is 1. The average molecular weight is 312 g/mol. The number of rotatable bonds is 5. The fourth-order valence-electron chi connectivity index (χ4n) is 2.70.